The van der Waals surface area contributed by atoms with Crippen molar-refractivity contribution in [3.05, 3.63) is 172 Å². The number of nitrogens with one attached hydrogen (secondary N) is 2. The molecule has 0 radical (unpaired) electrons. The van der Waals surface area contributed by atoms with Gasteiger partial charge in [-0.1, -0.05) is 80.1 Å². The molecule has 2 amide bonds. The molecule has 2 aliphatic rings. The summed E-state index contributed by atoms with van der Waals surface area (Å²) in [5.74, 6) is -0.183. The third kappa shape index (κ3) is 11.3. The standard InChI is InChI=1S/C60H66ClN5O7S/c1-8-64-51-29-22-41(37-55(67)62-32-14-15-33-63-56(68)39-47-40(2)66(50-31-28-45(73-7)38-48(47)50)58(69)43-23-26-44(61)27-24-43)36-49(51)59(3,4)53(64)20-10-9-11-21-54-60(5,6)57-46-19-13-12-18-42(46)25-30-52(57)65(54)34-16-17-35-74(70,71)72/h9-13,18-31,36,38H,8,14-17,32-35,37,39H2,1-7H3,(H2-,62,63,67,68,70,71,72). The molecule has 0 bridgehead atoms. The first kappa shape index (κ1) is 53.5. The van der Waals surface area contributed by atoms with E-state index in [1.807, 2.05) is 37.3 Å². The van der Waals surface area contributed by atoms with Gasteiger partial charge in [0.25, 0.3) is 5.91 Å². The van der Waals surface area contributed by atoms with E-state index in [0.717, 1.165) is 56.8 Å². The number of ether oxygens (including phenoxy) is 1. The maximum Gasteiger partial charge on any atom is 0.262 e. The summed E-state index contributed by atoms with van der Waals surface area (Å²) in [7, 11) is -2.70. The maximum atomic E-state index is 13.7. The lowest BCUT2D eigenvalue weighted by Gasteiger charge is -2.25. The van der Waals surface area contributed by atoms with Gasteiger partial charge in [0, 0.05) is 88.0 Å². The van der Waals surface area contributed by atoms with Crippen LogP contribution in [-0.4, -0.2) is 84.6 Å². The number of amides is 2. The van der Waals surface area contributed by atoms with E-state index in [2.05, 4.69) is 121 Å². The van der Waals surface area contributed by atoms with Crippen molar-refractivity contribution in [2.24, 2.45) is 0 Å². The van der Waals surface area contributed by atoms with Crippen LogP contribution in [0.5, 0.6) is 5.75 Å². The van der Waals surface area contributed by atoms with Crippen LogP contribution >= 0.6 is 11.6 Å². The van der Waals surface area contributed by atoms with Gasteiger partial charge in [-0.3, -0.25) is 19.0 Å². The Morgan fingerprint density at radius 1 is 0.797 bits per heavy atom. The first-order chi connectivity index (χ1) is 35.3. The van der Waals surface area contributed by atoms with Crippen LogP contribution in [0.3, 0.4) is 0 Å². The molecule has 0 spiro atoms. The molecule has 0 unspecified atom stereocenters. The second-order valence-corrected chi connectivity index (χ2v) is 22.1. The molecule has 8 rings (SSSR count). The van der Waals surface area contributed by atoms with E-state index in [1.165, 1.54) is 10.9 Å². The molecular weight excluding hydrogens is 970 g/mol. The zero-order valence-electron chi connectivity index (χ0n) is 43.4. The molecule has 0 aliphatic carbocycles. The summed E-state index contributed by atoms with van der Waals surface area (Å²) < 4.78 is 43.5. The summed E-state index contributed by atoms with van der Waals surface area (Å²) >= 11 is 6.08. The van der Waals surface area contributed by atoms with Gasteiger partial charge >= 0.3 is 0 Å². The normalized spacial score (nSPS) is 15.5. The lowest BCUT2D eigenvalue weighted by Crippen LogP contribution is -2.29. The van der Waals surface area contributed by atoms with Gasteiger partial charge in [0.2, 0.25) is 17.5 Å². The van der Waals surface area contributed by atoms with E-state index in [-0.39, 0.29) is 47.1 Å². The Labute approximate surface area is 440 Å². The molecule has 74 heavy (non-hydrogen) atoms. The Morgan fingerprint density at radius 2 is 1.51 bits per heavy atom. The van der Waals surface area contributed by atoms with E-state index in [4.69, 9.17) is 16.3 Å². The van der Waals surface area contributed by atoms with Crippen molar-refractivity contribution in [2.45, 2.75) is 90.9 Å². The number of carbonyl (C=O) groups excluding carboxylic acids is 3. The fourth-order valence-electron chi connectivity index (χ4n) is 10.8. The number of benzene rings is 5. The molecule has 12 nitrogen and oxygen atoms in total. The number of allylic oxidation sites excluding steroid dienone is 6. The summed E-state index contributed by atoms with van der Waals surface area (Å²) in [5.41, 5.74) is 9.76. The highest BCUT2D eigenvalue weighted by molar-refractivity contribution is 7.85. The molecule has 14 heteroatoms. The molecule has 6 aromatic rings. The van der Waals surface area contributed by atoms with Crippen molar-refractivity contribution in [3.63, 3.8) is 0 Å². The largest absolute Gasteiger partial charge is 0.748 e. The highest BCUT2D eigenvalue weighted by Gasteiger charge is 2.45. The topological polar surface area (TPSA) is 153 Å². The molecule has 386 valence electrons. The molecule has 3 heterocycles. The second-order valence-electron chi connectivity index (χ2n) is 20.2. The number of methoxy groups -OCH3 is 1. The van der Waals surface area contributed by atoms with E-state index in [1.54, 1.807) is 42.0 Å². The molecule has 1 aromatic heterocycles. The lowest BCUT2D eigenvalue weighted by atomic mass is 9.79. The number of carbonyl (C=O) groups is 3. The molecule has 0 atom stereocenters. The molecule has 0 fully saturated rings. The number of unbranched alkanes of at least 4 members (excludes halogenated alkanes) is 2. The molecule has 0 saturated heterocycles. The number of hydrogen-bond acceptors (Lipinski definition) is 8. The van der Waals surface area contributed by atoms with Gasteiger partial charge in [0.15, 0.2) is 5.71 Å². The first-order valence-corrected chi connectivity index (χ1v) is 27.4. The minimum absolute atomic E-state index is 0.0633. The van der Waals surface area contributed by atoms with Crippen LogP contribution < -0.4 is 20.3 Å². The quantitative estimate of drug-likeness (QED) is 0.0332. The fraction of sp³-hybridized carbons (Fsp3) is 0.333. The number of halogens is 1. The summed E-state index contributed by atoms with van der Waals surface area (Å²) in [6.45, 7) is 15.2. The van der Waals surface area contributed by atoms with Crippen LogP contribution in [0.2, 0.25) is 5.02 Å². The smallest absolute Gasteiger partial charge is 0.262 e. The van der Waals surface area contributed by atoms with Gasteiger partial charge in [-0.15, -0.1) is 0 Å². The van der Waals surface area contributed by atoms with Crippen LogP contribution in [0.4, 0.5) is 11.4 Å². The average Bonchev–Trinajstić information content (AvgIpc) is 3.86. The number of nitrogens with zero attached hydrogens (tertiary/aromatic N) is 3. The van der Waals surface area contributed by atoms with E-state index in [9.17, 15) is 27.4 Å². The van der Waals surface area contributed by atoms with Crippen molar-refractivity contribution < 1.29 is 36.7 Å². The highest BCUT2D eigenvalue weighted by atomic mass is 35.5. The van der Waals surface area contributed by atoms with Gasteiger partial charge in [-0.2, -0.15) is 4.58 Å². The van der Waals surface area contributed by atoms with Crippen molar-refractivity contribution in [2.75, 3.05) is 43.9 Å². The Kier molecular flexibility index (Phi) is 16.2. The summed E-state index contributed by atoms with van der Waals surface area (Å²) in [6, 6.07) is 31.2. The van der Waals surface area contributed by atoms with Crippen molar-refractivity contribution in [1.82, 2.24) is 15.2 Å². The van der Waals surface area contributed by atoms with Crippen LogP contribution in [0.25, 0.3) is 21.7 Å². The number of aromatic nitrogens is 1. The van der Waals surface area contributed by atoms with Crippen LogP contribution in [-0.2, 0) is 43.4 Å². The molecule has 2 N–H and O–H groups in total. The zero-order chi connectivity index (χ0) is 53.0. The van der Waals surface area contributed by atoms with E-state index in [0.29, 0.717) is 72.9 Å². The Hall–Kier alpha value is -6.80. The number of anilines is 1. The molecule has 5 aromatic carbocycles. The number of likely N-dealkylation sites (N-methyl/N-ethyl adjacent to an activating group) is 1. The summed E-state index contributed by atoms with van der Waals surface area (Å²) in [4.78, 5) is 42.5. The predicted octanol–water partition coefficient (Wildman–Crippen LogP) is 10.8. The average molecular weight is 1040 g/mol. The maximum absolute atomic E-state index is 13.7. The summed E-state index contributed by atoms with van der Waals surface area (Å²) in [5, 5.41) is 9.75. The van der Waals surface area contributed by atoms with Crippen molar-refractivity contribution >= 4 is 78.2 Å². The third-order valence-electron chi connectivity index (χ3n) is 14.6. The van der Waals surface area contributed by atoms with Gasteiger partial charge in [0.05, 0.1) is 41.0 Å². The second kappa shape index (κ2) is 22.4. The molecule has 2 aliphatic heterocycles. The molecular formula is C60H66ClN5O7S. The third-order valence-corrected chi connectivity index (χ3v) is 15.6. The van der Waals surface area contributed by atoms with Gasteiger partial charge in [-0.25, -0.2) is 8.42 Å². The first-order valence-electron chi connectivity index (χ1n) is 25.4. The zero-order valence-corrected chi connectivity index (χ0v) is 45.0. The minimum atomic E-state index is -4.28. The van der Waals surface area contributed by atoms with Gasteiger partial charge < -0.3 is 24.8 Å². The van der Waals surface area contributed by atoms with Crippen molar-refractivity contribution in [1.29, 1.82) is 0 Å². The van der Waals surface area contributed by atoms with Gasteiger partial charge in [0.1, 0.15) is 12.3 Å². The predicted molar refractivity (Wildman–Crippen MR) is 296 cm³/mol. The van der Waals surface area contributed by atoms with Crippen LogP contribution in [0.1, 0.15) is 98.6 Å². The monoisotopic (exact) mass is 1040 g/mol. The van der Waals surface area contributed by atoms with Crippen molar-refractivity contribution in [3.8, 4) is 5.75 Å². The lowest BCUT2D eigenvalue weighted by molar-refractivity contribution is -0.438. The highest BCUT2D eigenvalue weighted by Crippen LogP contribution is 2.48. The number of rotatable bonds is 20. The Bertz CT molecular complexity index is 3380. The van der Waals surface area contributed by atoms with Gasteiger partial charge in [-0.05, 0) is 135 Å². The summed E-state index contributed by atoms with van der Waals surface area (Å²) in [6.07, 6.45) is 13.1. The number of fused-ring (bicyclic) bond motifs is 5. The van der Waals surface area contributed by atoms with Crippen LogP contribution in [0.15, 0.2) is 133 Å². The minimum Gasteiger partial charge on any atom is -0.748 e. The van der Waals surface area contributed by atoms with E-state index >= 15 is 0 Å². The Morgan fingerprint density at radius 3 is 2.22 bits per heavy atom. The SMILES string of the molecule is CCN1\C(=C/C=C/C=C/C2=[N+](CCCCS(=O)(=O)[O-])c3ccc4ccccc4c3C2(C)C)C(C)(C)c2cc(CC(=O)NCCCCNC(=O)Cc3c(C)n(C(=O)c4ccc(Cl)cc4)c4ccc(OC)cc34)ccc21. The Balaban J connectivity index is 0.856. The molecule has 0 saturated carbocycles. The number of hydrogen-bond donors (Lipinski definition) is 2. The van der Waals surface area contributed by atoms with Crippen LogP contribution in [0, 0.1) is 6.92 Å². The van der Waals surface area contributed by atoms with E-state index < -0.39 is 10.1 Å². The fourth-order valence-corrected chi connectivity index (χ4v) is 11.5.